The third-order valence-electron chi connectivity index (χ3n) is 5.34. The fourth-order valence-electron chi connectivity index (χ4n) is 3.88. The Labute approximate surface area is 188 Å². The first-order chi connectivity index (χ1) is 15.7. The van der Waals surface area contributed by atoms with Crippen LogP contribution in [0.25, 0.3) is 21.4 Å². The Balaban J connectivity index is 1.71. The number of aromatic nitrogens is 2. The van der Waals surface area contributed by atoms with Crippen LogP contribution in [-0.2, 0) is 4.79 Å². The average Bonchev–Trinajstić information content (AvgIpc) is 3.22. The SMILES string of the molecule is N#Cc1ccccc1C1=CC(c2ccccn2)=CN(c2ccc3nc(N)sc3c2)C1C=O. The second kappa shape index (κ2) is 8.10. The van der Waals surface area contributed by atoms with Crippen LogP contribution in [0, 0.1) is 11.3 Å². The highest BCUT2D eigenvalue weighted by atomic mass is 32.1. The Morgan fingerprint density at radius 3 is 2.75 bits per heavy atom. The van der Waals surface area contributed by atoms with E-state index < -0.39 is 6.04 Å². The maximum atomic E-state index is 12.4. The van der Waals surface area contributed by atoms with E-state index in [1.54, 1.807) is 12.3 Å². The largest absolute Gasteiger partial charge is 0.375 e. The Hall–Kier alpha value is -4.28. The van der Waals surface area contributed by atoms with Crippen molar-refractivity contribution in [2.45, 2.75) is 6.04 Å². The zero-order chi connectivity index (χ0) is 22.1. The number of nitrogen functional groups attached to an aromatic ring is 1. The number of thiazole rings is 1. The predicted octanol–water partition coefficient (Wildman–Crippen LogP) is 4.66. The minimum atomic E-state index is -0.611. The molecule has 32 heavy (non-hydrogen) atoms. The summed E-state index contributed by atoms with van der Waals surface area (Å²) >= 11 is 1.40. The molecular weight excluding hydrogens is 418 g/mol. The van der Waals surface area contributed by atoms with Gasteiger partial charge < -0.3 is 15.4 Å². The molecule has 0 fully saturated rings. The highest BCUT2D eigenvalue weighted by Crippen LogP contribution is 2.37. The molecule has 1 atom stereocenters. The first kappa shape index (κ1) is 19.7. The smallest absolute Gasteiger partial charge is 0.181 e. The summed E-state index contributed by atoms with van der Waals surface area (Å²) in [6.07, 6.45) is 6.49. The molecule has 1 aliphatic rings. The fraction of sp³-hybridized carbons (Fsp3) is 0.0400. The summed E-state index contributed by atoms with van der Waals surface area (Å²) in [5.41, 5.74) is 11.1. The van der Waals surface area contributed by atoms with Gasteiger partial charge >= 0.3 is 0 Å². The minimum absolute atomic E-state index is 0.496. The van der Waals surface area contributed by atoms with Crippen LogP contribution >= 0.6 is 11.3 Å². The fourth-order valence-corrected chi connectivity index (χ4v) is 4.65. The van der Waals surface area contributed by atoms with Gasteiger partial charge in [0.1, 0.15) is 12.3 Å². The first-order valence-electron chi connectivity index (χ1n) is 9.92. The van der Waals surface area contributed by atoms with Crippen LogP contribution in [-0.4, -0.2) is 22.3 Å². The van der Waals surface area contributed by atoms with E-state index in [0.717, 1.165) is 44.6 Å². The second-order valence-corrected chi connectivity index (χ2v) is 8.31. The maximum absolute atomic E-state index is 12.4. The number of carbonyl (C=O) groups excluding carboxylic acids is 1. The Morgan fingerprint density at radius 1 is 1.12 bits per heavy atom. The molecule has 0 amide bonds. The van der Waals surface area contributed by atoms with Crippen molar-refractivity contribution in [2.75, 3.05) is 10.6 Å². The van der Waals surface area contributed by atoms with Crippen LogP contribution in [0.2, 0.25) is 0 Å². The topological polar surface area (TPSA) is 95.9 Å². The molecule has 1 unspecified atom stereocenters. The minimum Gasteiger partial charge on any atom is -0.375 e. The number of carbonyl (C=O) groups is 1. The molecule has 2 N–H and O–H groups in total. The lowest BCUT2D eigenvalue weighted by Gasteiger charge is -2.33. The quantitative estimate of drug-likeness (QED) is 0.469. The van der Waals surface area contributed by atoms with Crippen LogP contribution in [0.15, 0.2) is 79.1 Å². The molecule has 0 radical (unpaired) electrons. The molecule has 0 saturated carbocycles. The molecule has 154 valence electrons. The van der Waals surface area contributed by atoms with E-state index in [1.165, 1.54) is 11.3 Å². The summed E-state index contributed by atoms with van der Waals surface area (Å²) in [7, 11) is 0. The van der Waals surface area contributed by atoms with E-state index in [2.05, 4.69) is 16.0 Å². The van der Waals surface area contributed by atoms with E-state index in [0.29, 0.717) is 10.7 Å². The summed E-state index contributed by atoms with van der Waals surface area (Å²) in [5.74, 6) is 0. The van der Waals surface area contributed by atoms with E-state index >= 15 is 0 Å². The number of hydrogen-bond acceptors (Lipinski definition) is 7. The zero-order valence-electron chi connectivity index (χ0n) is 16.8. The van der Waals surface area contributed by atoms with Gasteiger partial charge in [0.15, 0.2) is 5.13 Å². The number of pyridine rings is 1. The van der Waals surface area contributed by atoms with Crippen LogP contribution in [0.5, 0.6) is 0 Å². The number of nitrogens with zero attached hydrogens (tertiary/aromatic N) is 4. The summed E-state index contributed by atoms with van der Waals surface area (Å²) in [6.45, 7) is 0. The molecule has 0 aliphatic carbocycles. The lowest BCUT2D eigenvalue weighted by atomic mass is 9.89. The standard InChI is InChI=1S/C25H17N5OS/c26-13-16-5-1-2-6-19(16)20-11-17(21-7-3-4-10-28-21)14-30(23(20)15-31)18-8-9-22-24(12-18)32-25(27)29-22/h1-12,14-15,23H,(H2,27,29). The third kappa shape index (κ3) is 3.43. The Bertz CT molecular complexity index is 1430. The van der Waals surface area contributed by atoms with Crippen molar-refractivity contribution in [2.24, 2.45) is 0 Å². The molecule has 0 spiro atoms. The van der Waals surface area contributed by atoms with Gasteiger partial charge in [-0.1, -0.05) is 35.6 Å². The number of nitrogens with two attached hydrogens (primary N) is 1. The number of fused-ring (bicyclic) bond motifs is 1. The lowest BCUT2D eigenvalue weighted by molar-refractivity contribution is -0.107. The van der Waals surface area contributed by atoms with Crippen molar-refractivity contribution >= 4 is 49.8 Å². The number of benzene rings is 2. The van der Waals surface area contributed by atoms with E-state index in [1.807, 2.05) is 71.8 Å². The van der Waals surface area contributed by atoms with Crippen molar-refractivity contribution in [3.8, 4) is 6.07 Å². The Kier molecular flexibility index (Phi) is 4.98. The predicted molar refractivity (Wildman–Crippen MR) is 128 cm³/mol. The summed E-state index contributed by atoms with van der Waals surface area (Å²) in [4.78, 5) is 23.1. The first-order valence-corrected chi connectivity index (χ1v) is 10.7. The van der Waals surface area contributed by atoms with Crippen LogP contribution in [0.1, 0.15) is 16.8 Å². The molecule has 0 bridgehead atoms. The van der Waals surface area contributed by atoms with Crippen molar-refractivity contribution in [3.63, 3.8) is 0 Å². The molecular formula is C25H17N5OS. The molecule has 1 aliphatic heterocycles. The summed E-state index contributed by atoms with van der Waals surface area (Å²) in [5, 5.41) is 10.2. The number of hydrogen-bond donors (Lipinski definition) is 1. The third-order valence-corrected chi connectivity index (χ3v) is 6.19. The zero-order valence-corrected chi connectivity index (χ0v) is 17.7. The molecule has 4 aromatic rings. The number of nitriles is 1. The van der Waals surface area contributed by atoms with Gasteiger partial charge in [-0.15, -0.1) is 0 Å². The van der Waals surface area contributed by atoms with Gasteiger partial charge in [-0.2, -0.15) is 5.26 Å². The number of allylic oxidation sites excluding steroid dienone is 2. The number of aldehydes is 1. The van der Waals surface area contributed by atoms with E-state index in [4.69, 9.17) is 5.73 Å². The molecule has 3 heterocycles. The van der Waals surface area contributed by atoms with Crippen LogP contribution in [0.3, 0.4) is 0 Å². The lowest BCUT2D eigenvalue weighted by Crippen LogP contribution is -2.35. The highest BCUT2D eigenvalue weighted by molar-refractivity contribution is 7.22. The summed E-state index contributed by atoms with van der Waals surface area (Å²) < 4.78 is 0.936. The van der Waals surface area contributed by atoms with Crippen LogP contribution in [0.4, 0.5) is 10.8 Å². The van der Waals surface area contributed by atoms with Gasteiger partial charge in [0, 0.05) is 23.7 Å². The number of anilines is 2. The van der Waals surface area contributed by atoms with Crippen LogP contribution < -0.4 is 10.6 Å². The second-order valence-electron chi connectivity index (χ2n) is 7.25. The molecule has 7 heteroatoms. The molecule has 2 aromatic carbocycles. The van der Waals surface area contributed by atoms with Gasteiger partial charge in [0.25, 0.3) is 0 Å². The van der Waals surface area contributed by atoms with Crippen molar-refractivity contribution in [3.05, 3.63) is 96.0 Å². The van der Waals surface area contributed by atoms with Gasteiger partial charge in [0.05, 0.1) is 27.5 Å². The maximum Gasteiger partial charge on any atom is 0.181 e. The van der Waals surface area contributed by atoms with E-state index in [-0.39, 0.29) is 0 Å². The normalized spacial score (nSPS) is 15.7. The number of rotatable bonds is 4. The highest BCUT2D eigenvalue weighted by Gasteiger charge is 2.29. The molecule has 2 aromatic heterocycles. The van der Waals surface area contributed by atoms with Crippen molar-refractivity contribution in [1.29, 1.82) is 5.26 Å². The van der Waals surface area contributed by atoms with Crippen molar-refractivity contribution < 1.29 is 4.79 Å². The van der Waals surface area contributed by atoms with Crippen molar-refractivity contribution in [1.82, 2.24) is 9.97 Å². The molecule has 6 nitrogen and oxygen atoms in total. The molecule has 5 rings (SSSR count). The Morgan fingerprint density at radius 2 is 1.97 bits per heavy atom. The average molecular weight is 436 g/mol. The molecule has 0 saturated heterocycles. The van der Waals surface area contributed by atoms with E-state index in [9.17, 15) is 10.1 Å². The van der Waals surface area contributed by atoms with Gasteiger partial charge in [0.2, 0.25) is 0 Å². The summed E-state index contributed by atoms with van der Waals surface area (Å²) in [6, 6.07) is 20.4. The van der Waals surface area contributed by atoms with Gasteiger partial charge in [-0.25, -0.2) is 4.98 Å². The van der Waals surface area contributed by atoms with Gasteiger partial charge in [-0.3, -0.25) is 4.98 Å². The van der Waals surface area contributed by atoms with Gasteiger partial charge in [-0.05, 0) is 53.6 Å². The monoisotopic (exact) mass is 435 g/mol.